The van der Waals surface area contributed by atoms with Crippen LogP contribution < -0.4 is 10.1 Å². The number of aryl methyl sites for hydroxylation is 2. The molecule has 25 heavy (non-hydrogen) atoms. The second-order valence-electron chi connectivity index (χ2n) is 6.27. The molecule has 130 valence electrons. The van der Waals surface area contributed by atoms with Gasteiger partial charge in [0.25, 0.3) is 5.91 Å². The minimum Gasteiger partial charge on any atom is -0.497 e. The fraction of sp³-hybridized carbons (Fsp3) is 0.412. The Morgan fingerprint density at radius 3 is 2.92 bits per heavy atom. The van der Waals surface area contributed by atoms with Gasteiger partial charge in [0, 0.05) is 0 Å². The molecule has 1 aliphatic carbocycles. The lowest BCUT2D eigenvalue weighted by Gasteiger charge is -2.22. The van der Waals surface area contributed by atoms with E-state index in [4.69, 9.17) is 4.74 Å². The Morgan fingerprint density at radius 1 is 1.36 bits per heavy atom. The number of rotatable bonds is 4. The number of hydrogen-bond donors (Lipinski definition) is 1. The van der Waals surface area contributed by atoms with Gasteiger partial charge in [-0.05, 0) is 43.0 Å². The summed E-state index contributed by atoms with van der Waals surface area (Å²) in [5, 5.41) is 11.3. The Balaban J connectivity index is 1.66. The van der Waals surface area contributed by atoms with Crippen LogP contribution in [0.5, 0.6) is 5.75 Å². The van der Waals surface area contributed by atoms with Gasteiger partial charge in [0.1, 0.15) is 17.0 Å². The predicted octanol–water partition coefficient (Wildman–Crippen LogP) is 1.20. The van der Waals surface area contributed by atoms with Crippen LogP contribution in [0, 0.1) is 0 Å². The number of urea groups is 1. The van der Waals surface area contributed by atoms with E-state index in [0.29, 0.717) is 24.4 Å². The summed E-state index contributed by atoms with van der Waals surface area (Å²) in [7, 11) is 1.59. The predicted molar refractivity (Wildman–Crippen MR) is 87.8 cm³/mol. The molecule has 1 unspecified atom stereocenters. The number of aromatic nitrogens is 3. The second kappa shape index (κ2) is 5.58. The van der Waals surface area contributed by atoms with Crippen LogP contribution >= 0.6 is 0 Å². The molecule has 2 aromatic rings. The number of benzene rings is 1. The third-order valence-corrected chi connectivity index (χ3v) is 4.91. The zero-order chi connectivity index (χ0) is 17.6. The molecule has 3 amide bonds. The van der Waals surface area contributed by atoms with Crippen molar-refractivity contribution in [2.24, 2.45) is 0 Å². The standard InChI is InChI=1S/C17H19N5O3/c1-3-22-18-9-12(20-22)10-21-15(23)17(19-16(21)24)7-6-11-4-5-13(25-2)8-14(11)17/h4-5,8-9H,3,6-7,10H2,1-2H3,(H,19,24). The number of carbonyl (C=O) groups is 2. The van der Waals surface area contributed by atoms with Crippen molar-refractivity contribution in [3.63, 3.8) is 0 Å². The summed E-state index contributed by atoms with van der Waals surface area (Å²) in [5.41, 5.74) is 1.48. The molecule has 1 N–H and O–H groups in total. The zero-order valence-corrected chi connectivity index (χ0v) is 14.2. The number of hydrogen-bond acceptors (Lipinski definition) is 5. The van der Waals surface area contributed by atoms with Crippen molar-refractivity contribution >= 4 is 11.9 Å². The highest BCUT2D eigenvalue weighted by Crippen LogP contribution is 2.43. The smallest absolute Gasteiger partial charge is 0.325 e. The average molecular weight is 341 g/mol. The van der Waals surface area contributed by atoms with Gasteiger partial charge in [-0.2, -0.15) is 15.0 Å². The molecule has 2 heterocycles. The van der Waals surface area contributed by atoms with E-state index in [1.165, 1.54) is 9.70 Å². The molecule has 1 aliphatic heterocycles. The van der Waals surface area contributed by atoms with E-state index >= 15 is 0 Å². The molecule has 1 aromatic heterocycles. The maximum absolute atomic E-state index is 13.1. The molecular formula is C17H19N5O3. The molecule has 8 heteroatoms. The topological polar surface area (TPSA) is 89.4 Å². The SMILES string of the molecule is CCn1ncc(CN2C(=O)NC3(CCc4ccc(OC)cc43)C2=O)n1. The Hall–Kier alpha value is -2.90. The lowest BCUT2D eigenvalue weighted by Crippen LogP contribution is -2.41. The molecule has 0 radical (unpaired) electrons. The van der Waals surface area contributed by atoms with Crippen molar-refractivity contribution in [3.05, 3.63) is 41.2 Å². The van der Waals surface area contributed by atoms with Crippen LogP contribution in [0.2, 0.25) is 0 Å². The molecule has 1 fully saturated rings. The maximum Gasteiger partial charge on any atom is 0.325 e. The van der Waals surface area contributed by atoms with Crippen LogP contribution in [0.25, 0.3) is 0 Å². The van der Waals surface area contributed by atoms with Crippen LogP contribution in [0.3, 0.4) is 0 Å². The Bertz CT molecular complexity index is 862. The van der Waals surface area contributed by atoms with E-state index < -0.39 is 11.6 Å². The van der Waals surface area contributed by atoms with Gasteiger partial charge in [-0.1, -0.05) is 6.07 Å². The molecule has 8 nitrogen and oxygen atoms in total. The molecule has 1 saturated heterocycles. The van der Waals surface area contributed by atoms with Gasteiger partial charge in [0.05, 0.1) is 26.4 Å². The summed E-state index contributed by atoms with van der Waals surface area (Å²) in [6.45, 7) is 2.68. The normalized spacial score (nSPS) is 21.8. The van der Waals surface area contributed by atoms with Crippen LogP contribution in [0.4, 0.5) is 4.79 Å². The van der Waals surface area contributed by atoms with Crippen LogP contribution in [0.15, 0.2) is 24.4 Å². The van der Waals surface area contributed by atoms with Gasteiger partial charge in [-0.15, -0.1) is 0 Å². The second-order valence-corrected chi connectivity index (χ2v) is 6.27. The summed E-state index contributed by atoms with van der Waals surface area (Å²) in [4.78, 5) is 28.4. The third kappa shape index (κ3) is 2.28. The van der Waals surface area contributed by atoms with Gasteiger partial charge >= 0.3 is 6.03 Å². The number of nitrogens with one attached hydrogen (secondary N) is 1. The van der Waals surface area contributed by atoms with Crippen molar-refractivity contribution in [1.82, 2.24) is 25.2 Å². The number of fused-ring (bicyclic) bond motifs is 2. The van der Waals surface area contributed by atoms with E-state index in [0.717, 1.165) is 17.5 Å². The van der Waals surface area contributed by atoms with Crippen molar-refractivity contribution < 1.29 is 14.3 Å². The molecule has 1 spiro atoms. The first-order chi connectivity index (χ1) is 12.1. The zero-order valence-electron chi connectivity index (χ0n) is 14.2. The molecule has 0 bridgehead atoms. The number of amides is 3. The number of ether oxygens (including phenoxy) is 1. The first-order valence-electron chi connectivity index (χ1n) is 8.28. The molecule has 4 rings (SSSR count). The van der Waals surface area contributed by atoms with Gasteiger partial charge in [0.2, 0.25) is 0 Å². The maximum atomic E-state index is 13.1. The lowest BCUT2D eigenvalue weighted by atomic mass is 9.91. The lowest BCUT2D eigenvalue weighted by molar-refractivity contribution is -0.132. The molecule has 1 atom stereocenters. The van der Waals surface area contributed by atoms with E-state index in [1.807, 2.05) is 25.1 Å². The average Bonchev–Trinajstić information content (AvgIpc) is 3.29. The first kappa shape index (κ1) is 15.6. The van der Waals surface area contributed by atoms with Crippen molar-refractivity contribution in [1.29, 1.82) is 0 Å². The van der Waals surface area contributed by atoms with Gasteiger partial charge in [-0.3, -0.25) is 9.69 Å². The quantitative estimate of drug-likeness (QED) is 0.844. The number of methoxy groups -OCH3 is 1. The van der Waals surface area contributed by atoms with E-state index in [1.54, 1.807) is 13.3 Å². The van der Waals surface area contributed by atoms with Crippen molar-refractivity contribution in [2.45, 2.75) is 38.4 Å². The number of nitrogens with zero attached hydrogens (tertiary/aromatic N) is 4. The summed E-state index contributed by atoms with van der Waals surface area (Å²) < 4.78 is 5.28. The van der Waals surface area contributed by atoms with E-state index in [9.17, 15) is 9.59 Å². The Kier molecular flexibility index (Phi) is 3.48. The summed E-state index contributed by atoms with van der Waals surface area (Å²) in [5.74, 6) is 0.432. The first-order valence-corrected chi connectivity index (χ1v) is 8.28. The molecule has 0 saturated carbocycles. The van der Waals surface area contributed by atoms with Crippen molar-refractivity contribution in [2.75, 3.05) is 7.11 Å². The Labute approximate surface area is 144 Å². The molecule has 2 aliphatic rings. The number of imide groups is 1. The highest BCUT2D eigenvalue weighted by atomic mass is 16.5. The third-order valence-electron chi connectivity index (χ3n) is 4.91. The largest absolute Gasteiger partial charge is 0.497 e. The Morgan fingerprint density at radius 2 is 2.20 bits per heavy atom. The highest BCUT2D eigenvalue weighted by Gasteiger charge is 2.55. The van der Waals surface area contributed by atoms with Gasteiger partial charge in [-0.25, -0.2) is 4.79 Å². The van der Waals surface area contributed by atoms with Gasteiger partial charge in [0.15, 0.2) is 0 Å². The minimum absolute atomic E-state index is 0.117. The minimum atomic E-state index is -0.998. The fourth-order valence-electron chi connectivity index (χ4n) is 3.60. The molecule has 1 aromatic carbocycles. The van der Waals surface area contributed by atoms with E-state index in [2.05, 4.69) is 15.5 Å². The monoisotopic (exact) mass is 341 g/mol. The number of carbonyl (C=O) groups excluding carboxylic acids is 2. The van der Waals surface area contributed by atoms with Crippen LogP contribution in [-0.4, -0.2) is 38.9 Å². The summed E-state index contributed by atoms with van der Waals surface area (Å²) in [6.07, 6.45) is 2.88. The van der Waals surface area contributed by atoms with Crippen LogP contribution in [-0.2, 0) is 29.8 Å². The van der Waals surface area contributed by atoms with E-state index in [-0.39, 0.29) is 12.5 Å². The summed E-state index contributed by atoms with van der Waals surface area (Å²) >= 11 is 0. The molecular weight excluding hydrogens is 322 g/mol. The van der Waals surface area contributed by atoms with Gasteiger partial charge < -0.3 is 10.1 Å². The van der Waals surface area contributed by atoms with Crippen LogP contribution in [0.1, 0.15) is 30.2 Å². The fourth-order valence-corrected chi connectivity index (χ4v) is 3.60. The van der Waals surface area contributed by atoms with Crippen molar-refractivity contribution in [3.8, 4) is 5.75 Å². The highest BCUT2D eigenvalue weighted by molar-refractivity contribution is 6.08. The summed E-state index contributed by atoms with van der Waals surface area (Å²) in [6, 6.07) is 5.28.